The third kappa shape index (κ3) is 2.81. The van der Waals surface area contributed by atoms with E-state index in [-0.39, 0.29) is 17.9 Å². The summed E-state index contributed by atoms with van der Waals surface area (Å²) in [5.41, 5.74) is -0.00292. The second-order valence-electron chi connectivity index (χ2n) is 4.06. The Morgan fingerprint density at radius 1 is 1.39 bits per heavy atom. The van der Waals surface area contributed by atoms with Crippen molar-refractivity contribution in [2.45, 2.75) is 11.3 Å². The zero-order chi connectivity index (χ0) is 13.1. The normalized spacial score (nSPS) is 16.1. The molecule has 1 aliphatic rings. The predicted octanol–water partition coefficient (Wildman–Crippen LogP) is 1.08. The Kier molecular flexibility index (Phi) is 3.86. The lowest BCUT2D eigenvalue weighted by atomic mass is 10.2. The number of nitrogens with zero attached hydrogens (tertiary/aromatic N) is 1. The number of nitrogens with one attached hydrogen (secondary N) is 1. The summed E-state index contributed by atoms with van der Waals surface area (Å²) < 4.78 is 13.6. The van der Waals surface area contributed by atoms with Crippen LogP contribution in [-0.2, 0) is 4.79 Å². The van der Waals surface area contributed by atoms with Crippen molar-refractivity contribution < 1.29 is 14.0 Å². The van der Waals surface area contributed by atoms with Crippen molar-refractivity contribution in [2.24, 2.45) is 0 Å². The number of hydrogen-bond acceptors (Lipinski definition) is 3. The van der Waals surface area contributed by atoms with E-state index in [1.165, 1.54) is 23.1 Å². The van der Waals surface area contributed by atoms with E-state index in [0.29, 0.717) is 24.5 Å². The molecule has 0 spiro atoms. The Balaban J connectivity index is 2.19. The number of hydrogen-bond donors (Lipinski definition) is 2. The molecule has 1 aromatic carbocycles. The van der Waals surface area contributed by atoms with Crippen LogP contribution >= 0.6 is 12.6 Å². The van der Waals surface area contributed by atoms with Gasteiger partial charge in [-0.1, -0.05) is 0 Å². The monoisotopic (exact) mass is 268 g/mol. The first-order chi connectivity index (χ1) is 8.58. The molecule has 0 unspecified atom stereocenters. The molecule has 2 rings (SSSR count). The van der Waals surface area contributed by atoms with Gasteiger partial charge in [-0.3, -0.25) is 9.59 Å². The van der Waals surface area contributed by atoms with Gasteiger partial charge in [0.15, 0.2) is 0 Å². The highest BCUT2D eigenvalue weighted by Gasteiger charge is 2.22. The molecule has 96 valence electrons. The van der Waals surface area contributed by atoms with Gasteiger partial charge in [-0.05, 0) is 18.2 Å². The zero-order valence-corrected chi connectivity index (χ0v) is 10.5. The molecule has 1 aromatic rings. The molecule has 1 heterocycles. The maximum absolute atomic E-state index is 13.6. The van der Waals surface area contributed by atoms with Crippen LogP contribution in [-0.4, -0.2) is 36.3 Å². The van der Waals surface area contributed by atoms with Crippen LogP contribution in [0.25, 0.3) is 0 Å². The van der Waals surface area contributed by atoms with Crippen LogP contribution in [0.1, 0.15) is 16.8 Å². The van der Waals surface area contributed by atoms with Crippen molar-refractivity contribution in [2.75, 3.05) is 19.6 Å². The number of rotatable bonds is 1. The smallest absolute Gasteiger partial charge is 0.256 e. The van der Waals surface area contributed by atoms with E-state index in [0.717, 1.165) is 0 Å². The second-order valence-corrected chi connectivity index (χ2v) is 4.57. The SMILES string of the molecule is O=C1CCN(C(=O)c2cc(S)ccc2F)CCN1. The summed E-state index contributed by atoms with van der Waals surface area (Å²) >= 11 is 4.09. The van der Waals surface area contributed by atoms with E-state index in [2.05, 4.69) is 17.9 Å². The maximum atomic E-state index is 13.6. The van der Waals surface area contributed by atoms with Crippen LogP contribution in [0.3, 0.4) is 0 Å². The van der Waals surface area contributed by atoms with Gasteiger partial charge in [0.2, 0.25) is 5.91 Å². The molecule has 1 fully saturated rings. The van der Waals surface area contributed by atoms with Gasteiger partial charge in [0, 0.05) is 31.0 Å². The van der Waals surface area contributed by atoms with E-state index in [1.807, 2.05) is 0 Å². The number of carbonyl (C=O) groups is 2. The summed E-state index contributed by atoms with van der Waals surface area (Å²) in [6.07, 6.45) is 0.244. The van der Waals surface area contributed by atoms with E-state index >= 15 is 0 Å². The molecular weight excluding hydrogens is 255 g/mol. The van der Waals surface area contributed by atoms with Crippen molar-refractivity contribution in [3.8, 4) is 0 Å². The topological polar surface area (TPSA) is 49.4 Å². The highest BCUT2D eigenvalue weighted by Crippen LogP contribution is 2.16. The van der Waals surface area contributed by atoms with E-state index < -0.39 is 11.7 Å². The standard InChI is InChI=1S/C12H13FN2O2S/c13-10-2-1-8(18)7-9(10)12(17)15-5-3-11(16)14-4-6-15/h1-2,7,18H,3-6H2,(H,14,16). The molecule has 1 aliphatic heterocycles. The quantitative estimate of drug-likeness (QED) is 0.749. The van der Waals surface area contributed by atoms with Gasteiger partial charge < -0.3 is 10.2 Å². The zero-order valence-electron chi connectivity index (χ0n) is 9.65. The fraction of sp³-hybridized carbons (Fsp3) is 0.333. The molecule has 18 heavy (non-hydrogen) atoms. The lowest BCUT2D eigenvalue weighted by Crippen LogP contribution is -2.34. The van der Waals surface area contributed by atoms with Gasteiger partial charge in [-0.15, -0.1) is 12.6 Å². The molecule has 1 N–H and O–H groups in total. The molecule has 0 bridgehead atoms. The van der Waals surface area contributed by atoms with Gasteiger partial charge in [0.1, 0.15) is 5.82 Å². The van der Waals surface area contributed by atoms with Crippen molar-refractivity contribution in [3.63, 3.8) is 0 Å². The molecule has 0 aromatic heterocycles. The molecule has 0 aliphatic carbocycles. The summed E-state index contributed by atoms with van der Waals surface area (Å²) in [4.78, 5) is 25.3. The molecular formula is C12H13FN2O2S. The van der Waals surface area contributed by atoms with Gasteiger partial charge >= 0.3 is 0 Å². The molecule has 0 atom stereocenters. The van der Waals surface area contributed by atoms with E-state index in [1.54, 1.807) is 0 Å². The summed E-state index contributed by atoms with van der Waals surface area (Å²) in [6.45, 7) is 1.09. The fourth-order valence-electron chi connectivity index (χ4n) is 1.82. The molecule has 0 saturated carbocycles. The average Bonchev–Trinajstić information content (AvgIpc) is 2.56. The van der Waals surface area contributed by atoms with Crippen LogP contribution < -0.4 is 5.32 Å². The first-order valence-corrected chi connectivity index (χ1v) is 6.07. The summed E-state index contributed by atoms with van der Waals surface area (Å²) in [6, 6.07) is 4.11. The summed E-state index contributed by atoms with van der Waals surface area (Å²) in [7, 11) is 0. The Labute approximate surface area is 110 Å². The minimum Gasteiger partial charge on any atom is -0.354 e. The van der Waals surface area contributed by atoms with Crippen LogP contribution in [0, 0.1) is 5.82 Å². The Hall–Kier alpha value is -1.56. The van der Waals surface area contributed by atoms with Gasteiger partial charge in [0.05, 0.1) is 5.56 Å². The van der Waals surface area contributed by atoms with E-state index in [9.17, 15) is 14.0 Å². The predicted molar refractivity (Wildman–Crippen MR) is 67.2 cm³/mol. The first-order valence-electron chi connectivity index (χ1n) is 5.62. The van der Waals surface area contributed by atoms with Gasteiger partial charge in [0.25, 0.3) is 5.91 Å². The van der Waals surface area contributed by atoms with Crippen molar-refractivity contribution >= 4 is 24.4 Å². The molecule has 1 saturated heterocycles. The van der Waals surface area contributed by atoms with Crippen LogP contribution in [0.4, 0.5) is 4.39 Å². The van der Waals surface area contributed by atoms with Crippen molar-refractivity contribution in [1.82, 2.24) is 10.2 Å². The Morgan fingerprint density at radius 3 is 2.94 bits per heavy atom. The third-order valence-corrected chi connectivity index (χ3v) is 3.06. The summed E-state index contributed by atoms with van der Waals surface area (Å²) in [5.74, 6) is -1.06. The number of benzene rings is 1. The average molecular weight is 268 g/mol. The van der Waals surface area contributed by atoms with E-state index in [4.69, 9.17) is 0 Å². The lowest BCUT2D eigenvalue weighted by Gasteiger charge is -2.19. The molecule has 4 nitrogen and oxygen atoms in total. The Morgan fingerprint density at radius 2 is 2.17 bits per heavy atom. The molecule has 0 radical (unpaired) electrons. The van der Waals surface area contributed by atoms with Gasteiger partial charge in [-0.25, -0.2) is 4.39 Å². The van der Waals surface area contributed by atoms with Crippen LogP contribution in [0.5, 0.6) is 0 Å². The minimum absolute atomic E-state index is 0.00292. The highest BCUT2D eigenvalue weighted by molar-refractivity contribution is 7.80. The van der Waals surface area contributed by atoms with Gasteiger partial charge in [-0.2, -0.15) is 0 Å². The van der Waals surface area contributed by atoms with Crippen molar-refractivity contribution in [1.29, 1.82) is 0 Å². The number of amides is 2. The highest BCUT2D eigenvalue weighted by atomic mass is 32.1. The Bertz CT molecular complexity index is 493. The molecule has 2 amide bonds. The maximum Gasteiger partial charge on any atom is 0.256 e. The number of halogens is 1. The lowest BCUT2D eigenvalue weighted by molar-refractivity contribution is -0.120. The first kappa shape index (κ1) is 12.9. The minimum atomic E-state index is -0.568. The van der Waals surface area contributed by atoms with Crippen molar-refractivity contribution in [3.05, 3.63) is 29.6 Å². The second kappa shape index (κ2) is 5.39. The fourth-order valence-corrected chi connectivity index (χ4v) is 2.02. The number of carbonyl (C=O) groups excluding carboxylic acids is 2. The number of thiol groups is 1. The molecule has 6 heteroatoms. The largest absolute Gasteiger partial charge is 0.354 e. The third-order valence-electron chi connectivity index (χ3n) is 2.78. The van der Waals surface area contributed by atoms with Crippen LogP contribution in [0.2, 0.25) is 0 Å². The van der Waals surface area contributed by atoms with Crippen LogP contribution in [0.15, 0.2) is 23.1 Å². The summed E-state index contributed by atoms with van der Waals surface area (Å²) in [5, 5.41) is 2.67.